The number of carbonyl (C=O) groups is 1. The van der Waals surface area contributed by atoms with Crippen LogP contribution in [0.25, 0.3) is 5.69 Å². The Kier molecular flexibility index (Phi) is 7.23. The van der Waals surface area contributed by atoms with Gasteiger partial charge in [-0.15, -0.1) is 0 Å². The molecule has 0 fully saturated rings. The van der Waals surface area contributed by atoms with Gasteiger partial charge in [0.2, 0.25) is 0 Å². The van der Waals surface area contributed by atoms with Gasteiger partial charge >= 0.3 is 5.97 Å². The quantitative estimate of drug-likeness (QED) is 0.134. The highest BCUT2D eigenvalue weighted by Gasteiger charge is 2.34. The lowest BCUT2D eigenvalue weighted by Crippen LogP contribution is -2.28. The molecule has 0 aliphatic heterocycles. The Labute approximate surface area is 227 Å². The number of aryl methyl sites for hydroxylation is 1. The van der Waals surface area contributed by atoms with Gasteiger partial charge in [-0.25, -0.2) is 4.79 Å². The number of benzene rings is 2. The third kappa shape index (κ3) is 4.69. The van der Waals surface area contributed by atoms with E-state index in [1.807, 2.05) is 37.3 Å². The molecule has 2 aromatic carbocycles. The van der Waals surface area contributed by atoms with E-state index in [0.29, 0.717) is 17.2 Å². The molecule has 0 saturated carbocycles. The fourth-order valence-corrected chi connectivity index (χ4v) is 5.55. The molecular weight excluding hydrogens is 561 g/mol. The minimum atomic E-state index is -0.887. The molecule has 178 valence electrons. The van der Waals surface area contributed by atoms with Crippen molar-refractivity contribution in [3.05, 3.63) is 83.0 Å². The maximum atomic E-state index is 12.9. The zero-order valence-electron chi connectivity index (χ0n) is 18.3. The highest BCUT2D eigenvalue weighted by Crippen LogP contribution is 2.44. The zero-order valence-corrected chi connectivity index (χ0v) is 22.8. The minimum absolute atomic E-state index is 0.0427. The first kappa shape index (κ1) is 25.7. The van der Waals surface area contributed by atoms with Crippen LogP contribution in [0, 0.1) is 12.3 Å². The molecule has 0 unspecified atom stereocenters. The number of halogens is 6. The van der Waals surface area contributed by atoms with Crippen molar-refractivity contribution in [1.82, 2.24) is 4.57 Å². The van der Waals surface area contributed by atoms with Crippen molar-refractivity contribution in [3.63, 3.8) is 0 Å². The van der Waals surface area contributed by atoms with Gasteiger partial charge in [-0.1, -0.05) is 88.6 Å². The molecule has 0 spiro atoms. The predicted molar refractivity (Wildman–Crippen MR) is 141 cm³/mol. The molecule has 10 heteroatoms. The van der Waals surface area contributed by atoms with E-state index in [-0.39, 0.29) is 36.1 Å². The molecule has 1 aliphatic carbocycles. The summed E-state index contributed by atoms with van der Waals surface area (Å²) in [6.07, 6.45) is 1.41. The Balaban J connectivity index is 1.75. The second-order valence-electron chi connectivity index (χ2n) is 8.84. The van der Waals surface area contributed by atoms with Crippen LogP contribution in [0.3, 0.4) is 0 Å². The van der Waals surface area contributed by atoms with Crippen molar-refractivity contribution in [2.75, 3.05) is 0 Å². The normalized spacial score (nSPS) is 16.0. The van der Waals surface area contributed by atoms with Crippen LogP contribution in [-0.2, 0) is 11.3 Å². The van der Waals surface area contributed by atoms with Crippen LogP contribution in [0.5, 0.6) is 0 Å². The van der Waals surface area contributed by atoms with E-state index in [9.17, 15) is 4.79 Å². The summed E-state index contributed by atoms with van der Waals surface area (Å²) in [5.74, 6) is -0.887. The van der Waals surface area contributed by atoms with E-state index < -0.39 is 5.97 Å². The van der Waals surface area contributed by atoms with Gasteiger partial charge in [0.15, 0.2) is 0 Å². The Bertz CT molecular complexity index is 1310. The molecule has 0 saturated heterocycles. The summed E-state index contributed by atoms with van der Waals surface area (Å²) in [4.78, 5) is 18.2. The largest absolute Gasteiger partial charge is 0.368 e. The summed E-state index contributed by atoms with van der Waals surface area (Å²) in [6.45, 7) is 6.28. The van der Waals surface area contributed by atoms with Gasteiger partial charge in [-0.05, 0) is 55.5 Å². The van der Waals surface area contributed by atoms with Gasteiger partial charge in [0.05, 0.1) is 30.8 Å². The fourth-order valence-electron chi connectivity index (χ4n) is 4.14. The van der Waals surface area contributed by atoms with Gasteiger partial charge in [0.25, 0.3) is 0 Å². The van der Waals surface area contributed by atoms with Crippen LogP contribution >= 0.6 is 69.6 Å². The molecule has 0 amide bonds. The van der Waals surface area contributed by atoms with Crippen LogP contribution in [0.2, 0.25) is 30.1 Å². The highest BCUT2D eigenvalue weighted by atomic mass is 35.5. The third-order valence-electron chi connectivity index (χ3n) is 5.63. The predicted octanol–water partition coefficient (Wildman–Crippen LogP) is 9.24. The summed E-state index contributed by atoms with van der Waals surface area (Å²) in [6, 6.07) is 9.66. The first-order valence-corrected chi connectivity index (χ1v) is 12.4. The molecule has 34 heavy (non-hydrogen) atoms. The van der Waals surface area contributed by atoms with Crippen molar-refractivity contribution in [1.29, 1.82) is 0 Å². The van der Waals surface area contributed by atoms with Crippen molar-refractivity contribution < 1.29 is 9.63 Å². The first-order chi connectivity index (χ1) is 15.9. The van der Waals surface area contributed by atoms with Crippen LogP contribution in [-0.4, -0.2) is 16.2 Å². The second kappa shape index (κ2) is 9.57. The molecule has 1 aromatic heterocycles. The van der Waals surface area contributed by atoms with Crippen LogP contribution in [0.1, 0.15) is 47.6 Å². The van der Waals surface area contributed by atoms with Gasteiger partial charge in [-0.3, -0.25) is 0 Å². The minimum Gasteiger partial charge on any atom is -0.318 e. The molecule has 0 N–H and O–H groups in total. The fraction of sp³-hybridized carbons (Fsp3) is 0.250. The van der Waals surface area contributed by atoms with Crippen molar-refractivity contribution >= 4 is 81.3 Å². The molecule has 0 radical (unpaired) electrons. The average molecular weight is 579 g/mol. The van der Waals surface area contributed by atoms with E-state index in [2.05, 4.69) is 23.6 Å². The standard InChI is InChI=1S/C24H18Cl6N2O2/c1-11-8-14-15(31-34-23(33)17-18(26)20(28)22(30)21(29)19(17)27)9-24(2,3)10-16(14)32(11)13-6-4-12(25)5-7-13/h4-8H,9-10H2,1-3H3/b31-15+. The van der Waals surface area contributed by atoms with Crippen LogP contribution in [0.15, 0.2) is 35.5 Å². The maximum Gasteiger partial charge on any atom is 0.368 e. The lowest BCUT2D eigenvalue weighted by molar-refractivity contribution is 0.0514. The van der Waals surface area contributed by atoms with Crippen molar-refractivity contribution in [3.8, 4) is 5.69 Å². The summed E-state index contributed by atoms with van der Waals surface area (Å²) >= 11 is 36.7. The Hall–Kier alpha value is -1.40. The second-order valence-corrected chi connectivity index (χ2v) is 11.2. The first-order valence-electron chi connectivity index (χ1n) is 10.2. The zero-order chi connectivity index (χ0) is 24.9. The smallest absolute Gasteiger partial charge is 0.318 e. The molecular formula is C24H18Cl6N2O2. The molecule has 1 aliphatic rings. The molecule has 0 atom stereocenters. The van der Waals surface area contributed by atoms with E-state index >= 15 is 0 Å². The lowest BCUT2D eigenvalue weighted by atomic mass is 9.76. The lowest BCUT2D eigenvalue weighted by Gasteiger charge is -2.31. The molecule has 0 bridgehead atoms. The number of oxime groups is 1. The summed E-state index contributed by atoms with van der Waals surface area (Å²) in [5.41, 5.74) is 4.29. The number of hydrogen-bond donors (Lipinski definition) is 0. The summed E-state index contributed by atoms with van der Waals surface area (Å²) < 4.78 is 2.16. The van der Waals surface area contributed by atoms with Crippen LogP contribution < -0.4 is 0 Å². The number of nitrogens with zero attached hydrogens (tertiary/aromatic N) is 2. The Morgan fingerprint density at radius 1 is 0.912 bits per heavy atom. The van der Waals surface area contributed by atoms with E-state index in [4.69, 9.17) is 74.4 Å². The summed E-state index contributed by atoms with van der Waals surface area (Å²) in [7, 11) is 0. The number of carbonyl (C=O) groups excluding carboxylic acids is 1. The number of rotatable bonds is 3. The van der Waals surface area contributed by atoms with E-state index in [1.165, 1.54) is 0 Å². The molecule has 4 nitrogen and oxygen atoms in total. The number of fused-ring (bicyclic) bond motifs is 1. The highest BCUT2D eigenvalue weighted by molar-refractivity contribution is 6.56. The number of hydrogen-bond acceptors (Lipinski definition) is 3. The van der Waals surface area contributed by atoms with Gasteiger partial charge in [-0.2, -0.15) is 0 Å². The Morgan fingerprint density at radius 2 is 1.47 bits per heavy atom. The van der Waals surface area contributed by atoms with Gasteiger partial charge in [0, 0.05) is 27.7 Å². The third-order valence-corrected chi connectivity index (χ3v) is 8.16. The van der Waals surface area contributed by atoms with Crippen molar-refractivity contribution in [2.45, 2.75) is 33.6 Å². The SMILES string of the molecule is Cc1cc2c(n1-c1ccc(Cl)cc1)CC(C)(C)C/C2=N\OC(=O)c1c(Cl)c(Cl)c(Cl)c(Cl)c1Cl. The van der Waals surface area contributed by atoms with E-state index in [1.54, 1.807) is 0 Å². The monoisotopic (exact) mass is 576 g/mol. The molecule has 4 rings (SSSR count). The maximum absolute atomic E-state index is 12.9. The van der Waals surface area contributed by atoms with Gasteiger partial charge in [0.1, 0.15) is 5.56 Å². The molecule has 3 aromatic rings. The van der Waals surface area contributed by atoms with Gasteiger partial charge < -0.3 is 9.40 Å². The number of aromatic nitrogens is 1. The topological polar surface area (TPSA) is 43.6 Å². The van der Waals surface area contributed by atoms with E-state index in [0.717, 1.165) is 29.1 Å². The van der Waals surface area contributed by atoms with Crippen LogP contribution in [0.4, 0.5) is 0 Å². The Morgan fingerprint density at radius 3 is 2.06 bits per heavy atom. The average Bonchev–Trinajstić information content (AvgIpc) is 3.10. The molecule has 1 heterocycles. The summed E-state index contributed by atoms with van der Waals surface area (Å²) in [5, 5.41) is 4.36. The van der Waals surface area contributed by atoms with Crippen molar-refractivity contribution in [2.24, 2.45) is 10.6 Å².